The normalized spacial score (nSPS) is 10.9. The highest BCUT2D eigenvalue weighted by Gasteiger charge is 2.21. The van der Waals surface area contributed by atoms with Gasteiger partial charge in [0.25, 0.3) is 6.43 Å². The molecule has 0 spiro atoms. The van der Waals surface area contributed by atoms with Gasteiger partial charge in [0.05, 0.1) is 0 Å². The van der Waals surface area contributed by atoms with E-state index in [1.807, 2.05) is 19.1 Å². The number of rotatable bonds is 5. The number of carbonyl (C=O) groups is 1. The third kappa shape index (κ3) is 3.55. The van der Waals surface area contributed by atoms with E-state index in [9.17, 15) is 13.6 Å². The van der Waals surface area contributed by atoms with Gasteiger partial charge in [0.2, 0.25) is 0 Å². The minimum Gasteiger partial charge on any atom is -0.478 e. The average molecular weight is 310 g/mol. The van der Waals surface area contributed by atoms with E-state index >= 15 is 0 Å². The van der Waals surface area contributed by atoms with Crippen LogP contribution in [0.5, 0.6) is 0 Å². The summed E-state index contributed by atoms with van der Waals surface area (Å²) in [4.78, 5) is 19.5. The number of hydrogen-bond donors (Lipinski definition) is 1. The minimum atomic E-state index is -2.97. The lowest BCUT2D eigenvalue weighted by Crippen LogP contribution is -2.07. The Morgan fingerprint density at radius 1 is 1.33 bits per heavy atom. The van der Waals surface area contributed by atoms with Gasteiger partial charge in [0, 0.05) is 16.7 Å². The molecule has 0 amide bonds. The summed E-state index contributed by atoms with van der Waals surface area (Å²) in [5, 5.41) is 8.86. The number of aromatic nitrogens is 2. The van der Waals surface area contributed by atoms with E-state index in [0.717, 1.165) is 16.8 Å². The van der Waals surface area contributed by atoms with Gasteiger partial charge in [0.15, 0.2) is 5.82 Å². The quantitative estimate of drug-likeness (QED) is 0.849. The second-order valence-electron chi connectivity index (χ2n) is 4.06. The lowest BCUT2D eigenvalue weighted by Gasteiger charge is -2.07. The van der Waals surface area contributed by atoms with Crippen molar-refractivity contribution in [3.63, 3.8) is 0 Å². The number of hydrogen-bond acceptors (Lipinski definition) is 4. The molecule has 2 aromatic rings. The van der Waals surface area contributed by atoms with Crippen LogP contribution in [0.1, 0.15) is 29.4 Å². The second-order valence-corrected chi connectivity index (χ2v) is 5.39. The van der Waals surface area contributed by atoms with Crippen LogP contribution in [0.15, 0.2) is 35.4 Å². The Bertz CT molecular complexity index is 648. The third-order valence-electron chi connectivity index (χ3n) is 2.68. The van der Waals surface area contributed by atoms with Crippen LogP contribution in [0.25, 0.3) is 11.4 Å². The van der Waals surface area contributed by atoms with Gasteiger partial charge in [-0.05, 0) is 17.9 Å². The Morgan fingerprint density at radius 3 is 2.52 bits per heavy atom. The smallest absolute Gasteiger partial charge is 0.339 e. The van der Waals surface area contributed by atoms with E-state index in [4.69, 9.17) is 5.11 Å². The van der Waals surface area contributed by atoms with Gasteiger partial charge in [-0.25, -0.2) is 23.5 Å². The standard InChI is InChI=1S/C14H12F2N2O2S/c1-2-21-9-5-3-8(4-6-9)13-17-7-10(14(19)20)11(18-13)12(15)16/h3-7,12H,2H2,1H3,(H,19,20). The first kappa shape index (κ1) is 15.4. The molecule has 1 heterocycles. The van der Waals surface area contributed by atoms with Crippen LogP contribution in [-0.4, -0.2) is 26.8 Å². The maximum Gasteiger partial charge on any atom is 0.339 e. The van der Waals surface area contributed by atoms with Crippen molar-refractivity contribution in [2.45, 2.75) is 18.2 Å². The molecule has 0 saturated heterocycles. The summed E-state index contributed by atoms with van der Waals surface area (Å²) in [6.45, 7) is 2.03. The summed E-state index contributed by atoms with van der Waals surface area (Å²) >= 11 is 1.66. The zero-order chi connectivity index (χ0) is 15.4. The van der Waals surface area contributed by atoms with Gasteiger partial charge < -0.3 is 5.11 Å². The van der Waals surface area contributed by atoms with Gasteiger partial charge in [-0.1, -0.05) is 19.1 Å². The van der Waals surface area contributed by atoms with E-state index in [1.54, 1.807) is 23.9 Å². The molecule has 1 aromatic carbocycles. The number of aromatic carboxylic acids is 1. The van der Waals surface area contributed by atoms with Gasteiger partial charge in [-0.15, -0.1) is 11.8 Å². The molecule has 2 rings (SSSR count). The molecule has 0 aliphatic heterocycles. The van der Waals surface area contributed by atoms with Crippen LogP contribution in [0.2, 0.25) is 0 Å². The number of halogens is 2. The Morgan fingerprint density at radius 2 is 2.00 bits per heavy atom. The first-order chi connectivity index (χ1) is 10.0. The molecule has 0 aliphatic rings. The molecule has 0 atom stereocenters. The van der Waals surface area contributed by atoms with Gasteiger partial charge in [-0.3, -0.25) is 0 Å². The van der Waals surface area contributed by atoms with Crippen LogP contribution in [-0.2, 0) is 0 Å². The Hall–Kier alpha value is -2.02. The first-order valence-corrected chi connectivity index (χ1v) is 7.13. The maximum atomic E-state index is 12.9. The molecule has 0 fully saturated rings. The van der Waals surface area contributed by atoms with Crippen molar-refractivity contribution in [1.29, 1.82) is 0 Å². The number of carboxylic acids is 1. The summed E-state index contributed by atoms with van der Waals surface area (Å²) in [5.41, 5.74) is -0.777. The Balaban J connectivity index is 2.40. The molecule has 0 aliphatic carbocycles. The van der Waals surface area contributed by atoms with Crippen molar-refractivity contribution in [1.82, 2.24) is 9.97 Å². The highest BCUT2D eigenvalue weighted by atomic mass is 32.2. The number of thioether (sulfide) groups is 1. The Labute approximate surface area is 124 Å². The van der Waals surface area contributed by atoms with Crippen LogP contribution in [0.4, 0.5) is 8.78 Å². The lowest BCUT2D eigenvalue weighted by molar-refractivity contribution is 0.0681. The average Bonchev–Trinajstić information content (AvgIpc) is 2.47. The summed E-state index contributed by atoms with van der Waals surface area (Å²) in [7, 11) is 0. The van der Waals surface area contributed by atoms with Crippen molar-refractivity contribution < 1.29 is 18.7 Å². The molecule has 7 heteroatoms. The molecule has 0 unspecified atom stereocenters. The van der Waals surface area contributed by atoms with Gasteiger partial charge >= 0.3 is 5.97 Å². The van der Waals surface area contributed by atoms with Crippen molar-refractivity contribution in [3.8, 4) is 11.4 Å². The minimum absolute atomic E-state index is 0.0864. The van der Waals surface area contributed by atoms with Crippen molar-refractivity contribution in [2.24, 2.45) is 0 Å². The number of benzene rings is 1. The predicted octanol–water partition coefficient (Wildman–Crippen LogP) is 3.89. The highest BCUT2D eigenvalue weighted by Crippen LogP contribution is 2.25. The monoisotopic (exact) mass is 310 g/mol. The second kappa shape index (κ2) is 6.62. The number of nitrogens with zero attached hydrogens (tertiary/aromatic N) is 2. The Kier molecular flexibility index (Phi) is 4.85. The zero-order valence-corrected chi connectivity index (χ0v) is 11.9. The van der Waals surface area contributed by atoms with E-state index < -0.39 is 23.7 Å². The lowest BCUT2D eigenvalue weighted by atomic mass is 10.2. The van der Waals surface area contributed by atoms with Gasteiger partial charge in [0.1, 0.15) is 11.3 Å². The van der Waals surface area contributed by atoms with Crippen LogP contribution in [0, 0.1) is 0 Å². The fraction of sp³-hybridized carbons (Fsp3) is 0.214. The predicted molar refractivity (Wildman–Crippen MR) is 75.8 cm³/mol. The molecule has 1 N–H and O–H groups in total. The molecule has 110 valence electrons. The summed E-state index contributed by atoms with van der Waals surface area (Å²) in [5.74, 6) is -0.450. The van der Waals surface area contributed by atoms with Crippen molar-refractivity contribution in [2.75, 3.05) is 5.75 Å². The molecule has 0 saturated carbocycles. The molecular formula is C14H12F2N2O2S. The van der Waals surface area contributed by atoms with Crippen LogP contribution in [0.3, 0.4) is 0 Å². The van der Waals surface area contributed by atoms with E-state index in [0.29, 0.717) is 5.56 Å². The SMILES string of the molecule is CCSc1ccc(-c2ncc(C(=O)O)c(C(F)F)n2)cc1. The van der Waals surface area contributed by atoms with E-state index in [1.165, 1.54) is 0 Å². The molecule has 4 nitrogen and oxygen atoms in total. The summed E-state index contributed by atoms with van der Waals surface area (Å²) < 4.78 is 25.8. The van der Waals surface area contributed by atoms with Gasteiger partial charge in [-0.2, -0.15) is 0 Å². The molecule has 0 bridgehead atoms. The fourth-order valence-electron chi connectivity index (χ4n) is 1.73. The summed E-state index contributed by atoms with van der Waals surface area (Å²) in [6, 6.07) is 7.14. The molecule has 21 heavy (non-hydrogen) atoms. The van der Waals surface area contributed by atoms with Crippen LogP contribution >= 0.6 is 11.8 Å². The summed E-state index contributed by atoms with van der Waals surface area (Å²) in [6.07, 6.45) is -2.05. The number of alkyl halides is 2. The molecular weight excluding hydrogens is 298 g/mol. The van der Waals surface area contributed by atoms with E-state index in [2.05, 4.69) is 9.97 Å². The molecule has 0 radical (unpaired) electrons. The zero-order valence-electron chi connectivity index (χ0n) is 11.1. The first-order valence-electron chi connectivity index (χ1n) is 6.14. The third-order valence-corrected chi connectivity index (χ3v) is 3.57. The topological polar surface area (TPSA) is 63.1 Å². The van der Waals surface area contributed by atoms with Crippen molar-refractivity contribution in [3.05, 3.63) is 41.7 Å². The van der Waals surface area contributed by atoms with Crippen molar-refractivity contribution >= 4 is 17.7 Å². The van der Waals surface area contributed by atoms with Crippen LogP contribution < -0.4 is 0 Å². The molecule has 1 aromatic heterocycles. The largest absolute Gasteiger partial charge is 0.478 e. The number of carboxylic acid groups (broad SMARTS) is 1. The fourth-order valence-corrected chi connectivity index (χ4v) is 2.39. The highest BCUT2D eigenvalue weighted by molar-refractivity contribution is 7.99. The van der Waals surface area contributed by atoms with E-state index in [-0.39, 0.29) is 5.82 Å². The maximum absolute atomic E-state index is 12.9.